The molecule has 4 heteroatoms. The maximum Gasteiger partial charge on any atom is 0.130 e. The second kappa shape index (κ2) is 6.96. The average molecular weight is 269 g/mol. The normalized spacial score (nSPS) is 23.5. The molecule has 1 N–H and O–H groups in total. The third kappa shape index (κ3) is 4.25. The zero-order valence-corrected chi connectivity index (χ0v) is 11.3. The van der Waals surface area contributed by atoms with Crippen LogP contribution in [0, 0.1) is 11.6 Å². The Morgan fingerprint density at radius 3 is 2.95 bits per heavy atom. The third-order valence-corrected chi connectivity index (χ3v) is 3.57. The van der Waals surface area contributed by atoms with E-state index in [1.54, 1.807) is 0 Å². The molecular weight excluding hydrogens is 248 g/mol. The van der Waals surface area contributed by atoms with Crippen molar-refractivity contribution in [3.05, 3.63) is 35.4 Å². The van der Waals surface area contributed by atoms with Gasteiger partial charge in [0.25, 0.3) is 0 Å². The molecule has 1 fully saturated rings. The number of nitrogens with one attached hydrogen (secondary N) is 1. The number of rotatable bonds is 5. The summed E-state index contributed by atoms with van der Waals surface area (Å²) >= 11 is 0. The molecule has 2 atom stereocenters. The molecule has 0 spiro atoms. The summed E-state index contributed by atoms with van der Waals surface area (Å²) < 4.78 is 32.0. The van der Waals surface area contributed by atoms with Gasteiger partial charge in [-0.25, -0.2) is 8.78 Å². The van der Waals surface area contributed by atoms with E-state index in [1.165, 1.54) is 12.1 Å². The topological polar surface area (TPSA) is 21.3 Å². The molecule has 0 bridgehead atoms. The lowest BCUT2D eigenvalue weighted by Crippen LogP contribution is -2.38. The van der Waals surface area contributed by atoms with E-state index in [4.69, 9.17) is 4.74 Å². The Morgan fingerprint density at radius 1 is 1.37 bits per heavy atom. The fraction of sp³-hybridized carbons (Fsp3) is 0.600. The molecule has 19 heavy (non-hydrogen) atoms. The van der Waals surface area contributed by atoms with Gasteiger partial charge in [-0.2, -0.15) is 0 Å². The molecule has 106 valence electrons. The molecule has 0 aliphatic carbocycles. The minimum Gasteiger partial charge on any atom is -0.378 e. The molecule has 0 radical (unpaired) electrons. The fourth-order valence-electron chi connectivity index (χ4n) is 2.51. The molecule has 1 aliphatic rings. The van der Waals surface area contributed by atoms with Crippen molar-refractivity contribution in [2.45, 2.75) is 51.3 Å². The highest BCUT2D eigenvalue weighted by Crippen LogP contribution is 2.18. The highest BCUT2D eigenvalue weighted by molar-refractivity contribution is 5.18. The Hall–Kier alpha value is -1.00. The van der Waals surface area contributed by atoms with Gasteiger partial charge in [-0.05, 0) is 25.3 Å². The first kappa shape index (κ1) is 14.4. The summed E-state index contributed by atoms with van der Waals surface area (Å²) in [6.07, 6.45) is 4.42. The number of benzene rings is 1. The second-order valence-electron chi connectivity index (χ2n) is 5.12. The lowest BCUT2D eigenvalue weighted by Gasteiger charge is -2.30. The van der Waals surface area contributed by atoms with Crippen LogP contribution in [0.3, 0.4) is 0 Å². The zero-order chi connectivity index (χ0) is 13.7. The molecule has 1 heterocycles. The maximum atomic E-state index is 13.5. The van der Waals surface area contributed by atoms with Gasteiger partial charge in [0.2, 0.25) is 0 Å². The van der Waals surface area contributed by atoms with Gasteiger partial charge in [-0.3, -0.25) is 0 Å². The molecule has 0 amide bonds. The van der Waals surface area contributed by atoms with Crippen LogP contribution in [0.1, 0.15) is 38.2 Å². The second-order valence-corrected chi connectivity index (χ2v) is 5.12. The van der Waals surface area contributed by atoms with Crippen LogP contribution in [0.2, 0.25) is 0 Å². The van der Waals surface area contributed by atoms with Crippen LogP contribution in [0.15, 0.2) is 18.2 Å². The average Bonchev–Trinajstić information content (AvgIpc) is 2.38. The summed E-state index contributed by atoms with van der Waals surface area (Å²) in [6.45, 7) is 3.35. The summed E-state index contributed by atoms with van der Waals surface area (Å²) in [7, 11) is 0. The van der Waals surface area contributed by atoms with Gasteiger partial charge in [0.1, 0.15) is 11.6 Å². The van der Waals surface area contributed by atoms with Crippen LogP contribution in [0.4, 0.5) is 8.78 Å². The van der Waals surface area contributed by atoms with Crippen LogP contribution in [-0.2, 0) is 11.3 Å². The van der Waals surface area contributed by atoms with Crippen molar-refractivity contribution in [2.75, 3.05) is 6.61 Å². The van der Waals surface area contributed by atoms with Crippen LogP contribution >= 0.6 is 0 Å². The van der Waals surface area contributed by atoms with E-state index in [9.17, 15) is 8.78 Å². The first-order chi connectivity index (χ1) is 9.19. The zero-order valence-electron chi connectivity index (χ0n) is 11.3. The number of halogens is 2. The Kier molecular flexibility index (Phi) is 5.28. The quantitative estimate of drug-likeness (QED) is 0.884. The van der Waals surface area contributed by atoms with E-state index in [0.29, 0.717) is 24.3 Å². The molecule has 2 rings (SSSR count). The molecule has 1 aromatic rings. The van der Waals surface area contributed by atoms with E-state index in [-0.39, 0.29) is 0 Å². The Labute approximate surface area is 113 Å². The molecule has 1 saturated heterocycles. The van der Waals surface area contributed by atoms with E-state index in [2.05, 4.69) is 12.2 Å². The Bertz CT molecular complexity index is 409. The summed E-state index contributed by atoms with van der Waals surface area (Å²) in [5.41, 5.74) is 0.514. The van der Waals surface area contributed by atoms with E-state index in [1.807, 2.05) is 0 Å². The lowest BCUT2D eigenvalue weighted by molar-refractivity contribution is -0.00346. The molecular formula is C15H21F2NO. The van der Waals surface area contributed by atoms with Gasteiger partial charge in [0.15, 0.2) is 0 Å². The highest BCUT2D eigenvalue weighted by atomic mass is 19.1. The Balaban J connectivity index is 1.84. The van der Waals surface area contributed by atoms with Crippen LogP contribution in [-0.4, -0.2) is 18.8 Å². The van der Waals surface area contributed by atoms with Crippen molar-refractivity contribution in [2.24, 2.45) is 0 Å². The molecule has 1 aliphatic heterocycles. The van der Waals surface area contributed by atoms with E-state index >= 15 is 0 Å². The van der Waals surface area contributed by atoms with Gasteiger partial charge in [-0.1, -0.05) is 19.4 Å². The first-order valence-corrected chi connectivity index (χ1v) is 6.98. The summed E-state index contributed by atoms with van der Waals surface area (Å²) in [4.78, 5) is 0. The smallest absolute Gasteiger partial charge is 0.130 e. The van der Waals surface area contributed by atoms with Gasteiger partial charge in [-0.15, -0.1) is 0 Å². The van der Waals surface area contributed by atoms with Crippen molar-refractivity contribution in [1.82, 2.24) is 5.32 Å². The molecule has 1 aromatic carbocycles. The third-order valence-electron chi connectivity index (χ3n) is 3.57. The molecule has 2 unspecified atom stereocenters. The van der Waals surface area contributed by atoms with E-state index in [0.717, 1.165) is 38.4 Å². The number of hydrogen-bond acceptors (Lipinski definition) is 2. The maximum absolute atomic E-state index is 13.5. The largest absolute Gasteiger partial charge is 0.378 e. The molecule has 0 aromatic heterocycles. The summed E-state index contributed by atoms with van der Waals surface area (Å²) in [5.74, 6) is -1.01. The van der Waals surface area contributed by atoms with Gasteiger partial charge >= 0.3 is 0 Å². The minimum absolute atomic E-state index is 0.314. The predicted molar refractivity (Wildman–Crippen MR) is 70.9 cm³/mol. The van der Waals surface area contributed by atoms with Crippen LogP contribution < -0.4 is 5.32 Å². The lowest BCUT2D eigenvalue weighted by atomic mass is 10.00. The highest BCUT2D eigenvalue weighted by Gasteiger charge is 2.21. The van der Waals surface area contributed by atoms with Crippen molar-refractivity contribution >= 4 is 0 Å². The monoisotopic (exact) mass is 269 g/mol. The van der Waals surface area contributed by atoms with Crippen LogP contribution in [0.5, 0.6) is 0 Å². The first-order valence-electron chi connectivity index (χ1n) is 6.98. The van der Waals surface area contributed by atoms with Gasteiger partial charge in [0, 0.05) is 30.8 Å². The number of hydrogen-bond donors (Lipinski definition) is 1. The van der Waals surface area contributed by atoms with E-state index < -0.39 is 11.6 Å². The summed E-state index contributed by atoms with van der Waals surface area (Å²) in [6, 6.07) is 4.08. The van der Waals surface area contributed by atoms with Gasteiger partial charge < -0.3 is 10.1 Å². The fourth-order valence-corrected chi connectivity index (χ4v) is 2.51. The van der Waals surface area contributed by atoms with Crippen molar-refractivity contribution in [3.8, 4) is 0 Å². The number of ether oxygens (including phenoxy) is 1. The van der Waals surface area contributed by atoms with Gasteiger partial charge in [0.05, 0.1) is 6.10 Å². The molecule has 2 nitrogen and oxygen atoms in total. The standard InChI is InChI=1S/C15H21F2NO/c1-2-3-14-9-13(6-7-19-14)18-10-11-4-5-12(16)8-15(11)17/h4-5,8,13-14,18H,2-3,6-7,9-10H2,1H3. The summed E-state index contributed by atoms with van der Waals surface area (Å²) in [5, 5.41) is 3.34. The van der Waals surface area contributed by atoms with Crippen molar-refractivity contribution < 1.29 is 13.5 Å². The van der Waals surface area contributed by atoms with Crippen molar-refractivity contribution in [3.63, 3.8) is 0 Å². The predicted octanol–water partition coefficient (Wildman–Crippen LogP) is 3.40. The molecule has 0 saturated carbocycles. The minimum atomic E-state index is -0.532. The van der Waals surface area contributed by atoms with Crippen LogP contribution in [0.25, 0.3) is 0 Å². The van der Waals surface area contributed by atoms with Crippen molar-refractivity contribution in [1.29, 1.82) is 0 Å². The Morgan fingerprint density at radius 2 is 2.21 bits per heavy atom. The SMILES string of the molecule is CCCC1CC(NCc2ccc(F)cc2F)CCO1.